The first-order valence-electron chi connectivity index (χ1n) is 5.91. The Labute approximate surface area is 95.2 Å². The Balaban J connectivity index is 1.95. The molecule has 3 rings (SSSR count). The van der Waals surface area contributed by atoms with Crippen molar-refractivity contribution in [2.45, 2.75) is 51.2 Å². The van der Waals surface area contributed by atoms with Crippen LogP contribution in [0, 0.1) is 13.8 Å². The lowest BCUT2D eigenvalue weighted by atomic mass is 9.88. The summed E-state index contributed by atoms with van der Waals surface area (Å²) >= 11 is 0. The summed E-state index contributed by atoms with van der Waals surface area (Å²) in [5, 5.41) is 0. The van der Waals surface area contributed by atoms with Crippen LogP contribution in [0.25, 0.3) is 0 Å². The van der Waals surface area contributed by atoms with E-state index in [0.717, 1.165) is 29.9 Å². The minimum Gasteiger partial charge on any atom is -0.383 e. The van der Waals surface area contributed by atoms with Gasteiger partial charge in [-0.2, -0.15) is 0 Å². The maximum Gasteiger partial charge on any atom is 0.136 e. The minimum atomic E-state index is 0.325. The average molecular weight is 219 g/mol. The molecule has 2 aliphatic rings. The van der Waals surface area contributed by atoms with E-state index in [1.807, 2.05) is 13.8 Å². The number of aryl methyl sites for hydroxylation is 1. The Hall–Kier alpha value is -1.16. The third-order valence-electron chi connectivity index (χ3n) is 3.88. The van der Waals surface area contributed by atoms with Crippen LogP contribution in [0.3, 0.4) is 0 Å². The third kappa shape index (κ3) is 1.40. The van der Waals surface area contributed by atoms with Crippen molar-refractivity contribution in [2.75, 3.05) is 5.73 Å². The van der Waals surface area contributed by atoms with Crippen LogP contribution in [-0.4, -0.2) is 22.2 Å². The molecule has 1 aromatic rings. The molecule has 2 fully saturated rings. The van der Waals surface area contributed by atoms with Gasteiger partial charge in [0.2, 0.25) is 0 Å². The predicted octanol–water partition coefficient (Wildman–Crippen LogP) is 1.71. The first-order valence-corrected chi connectivity index (χ1v) is 5.91. The summed E-state index contributed by atoms with van der Waals surface area (Å²) in [6.45, 7) is 3.96. The van der Waals surface area contributed by atoms with Gasteiger partial charge >= 0.3 is 0 Å². The van der Waals surface area contributed by atoms with Crippen LogP contribution in [0.5, 0.6) is 0 Å². The van der Waals surface area contributed by atoms with Gasteiger partial charge in [-0.25, -0.2) is 9.97 Å². The van der Waals surface area contributed by atoms with Gasteiger partial charge in [-0.1, -0.05) is 0 Å². The van der Waals surface area contributed by atoms with Crippen LogP contribution in [-0.2, 0) is 4.74 Å². The highest BCUT2D eigenvalue weighted by Crippen LogP contribution is 2.43. The molecule has 2 bridgehead atoms. The van der Waals surface area contributed by atoms with Gasteiger partial charge in [0.15, 0.2) is 0 Å². The van der Waals surface area contributed by atoms with Crippen molar-refractivity contribution in [2.24, 2.45) is 0 Å². The maximum atomic E-state index is 5.90. The molecule has 0 aromatic carbocycles. The van der Waals surface area contributed by atoms with Crippen LogP contribution in [0.1, 0.15) is 42.3 Å². The fourth-order valence-electron chi connectivity index (χ4n) is 2.75. The van der Waals surface area contributed by atoms with Crippen LogP contribution in [0.2, 0.25) is 0 Å². The van der Waals surface area contributed by atoms with E-state index < -0.39 is 0 Å². The number of anilines is 1. The zero-order chi connectivity index (χ0) is 11.3. The lowest BCUT2D eigenvalue weighted by Crippen LogP contribution is -2.18. The summed E-state index contributed by atoms with van der Waals surface area (Å²) in [6.07, 6.45) is 4.16. The molecule has 0 saturated carbocycles. The second kappa shape index (κ2) is 3.42. The zero-order valence-corrected chi connectivity index (χ0v) is 9.73. The van der Waals surface area contributed by atoms with Gasteiger partial charge in [-0.3, -0.25) is 0 Å². The smallest absolute Gasteiger partial charge is 0.136 e. The Morgan fingerprint density at radius 2 is 2.06 bits per heavy atom. The number of aromatic nitrogens is 2. The van der Waals surface area contributed by atoms with Crippen molar-refractivity contribution in [3.8, 4) is 0 Å². The van der Waals surface area contributed by atoms with E-state index in [-0.39, 0.29) is 0 Å². The topological polar surface area (TPSA) is 61.0 Å². The van der Waals surface area contributed by atoms with E-state index in [0.29, 0.717) is 23.9 Å². The standard InChI is InChI=1S/C12H17N3O/c1-6-7(2)14-12(15-11(6)13)9-5-8-3-4-10(9)16-8/h8-10H,3-5H2,1-2H3,(H2,13,14,15). The summed E-state index contributed by atoms with van der Waals surface area (Å²) in [7, 11) is 0. The summed E-state index contributed by atoms with van der Waals surface area (Å²) in [5.74, 6) is 1.86. The fourth-order valence-corrected chi connectivity index (χ4v) is 2.75. The normalized spacial score (nSPS) is 32.2. The van der Waals surface area contributed by atoms with Crippen molar-refractivity contribution < 1.29 is 4.74 Å². The Kier molecular flexibility index (Phi) is 2.14. The first-order chi connectivity index (χ1) is 7.65. The molecule has 2 aliphatic heterocycles. The largest absolute Gasteiger partial charge is 0.383 e. The van der Waals surface area contributed by atoms with Crippen molar-refractivity contribution >= 4 is 5.82 Å². The van der Waals surface area contributed by atoms with Crippen LogP contribution < -0.4 is 5.73 Å². The van der Waals surface area contributed by atoms with E-state index in [1.54, 1.807) is 0 Å². The Morgan fingerprint density at radius 3 is 2.62 bits per heavy atom. The molecule has 2 N–H and O–H groups in total. The number of nitrogens with zero attached hydrogens (tertiary/aromatic N) is 2. The molecule has 0 spiro atoms. The van der Waals surface area contributed by atoms with E-state index in [9.17, 15) is 0 Å². The summed E-state index contributed by atoms with van der Waals surface area (Å²) in [5.41, 5.74) is 7.88. The van der Waals surface area contributed by atoms with Gasteiger partial charge in [0.1, 0.15) is 11.6 Å². The van der Waals surface area contributed by atoms with Crippen molar-refractivity contribution in [1.29, 1.82) is 0 Å². The van der Waals surface area contributed by atoms with Gasteiger partial charge in [0.05, 0.1) is 12.2 Å². The number of ether oxygens (including phenoxy) is 1. The van der Waals surface area contributed by atoms with E-state index in [4.69, 9.17) is 10.5 Å². The fraction of sp³-hybridized carbons (Fsp3) is 0.667. The molecule has 0 amide bonds. The third-order valence-corrected chi connectivity index (χ3v) is 3.88. The molecule has 86 valence electrons. The van der Waals surface area contributed by atoms with Crippen LogP contribution in [0.15, 0.2) is 0 Å². The van der Waals surface area contributed by atoms with Crippen LogP contribution in [0.4, 0.5) is 5.82 Å². The SMILES string of the molecule is Cc1nc(C2CC3CCC2O3)nc(N)c1C. The highest BCUT2D eigenvalue weighted by atomic mass is 16.5. The summed E-state index contributed by atoms with van der Waals surface area (Å²) in [6, 6.07) is 0. The van der Waals surface area contributed by atoms with Gasteiger partial charge < -0.3 is 10.5 Å². The molecule has 0 radical (unpaired) electrons. The molecule has 4 nitrogen and oxygen atoms in total. The summed E-state index contributed by atoms with van der Waals surface area (Å²) < 4.78 is 5.83. The highest BCUT2D eigenvalue weighted by molar-refractivity contribution is 5.41. The number of fused-ring (bicyclic) bond motifs is 2. The molecule has 0 aliphatic carbocycles. The zero-order valence-electron chi connectivity index (χ0n) is 9.73. The van der Waals surface area contributed by atoms with E-state index in [2.05, 4.69) is 9.97 Å². The number of rotatable bonds is 1. The molecule has 16 heavy (non-hydrogen) atoms. The Bertz CT molecular complexity index is 409. The maximum absolute atomic E-state index is 5.90. The first kappa shape index (κ1) is 10.0. The van der Waals surface area contributed by atoms with Gasteiger partial charge in [-0.05, 0) is 33.1 Å². The van der Waals surface area contributed by atoms with Gasteiger partial charge in [0.25, 0.3) is 0 Å². The highest BCUT2D eigenvalue weighted by Gasteiger charge is 2.43. The van der Waals surface area contributed by atoms with E-state index >= 15 is 0 Å². The average Bonchev–Trinajstić information content (AvgIpc) is 2.86. The van der Waals surface area contributed by atoms with Crippen molar-refractivity contribution in [3.63, 3.8) is 0 Å². The number of hydrogen-bond donors (Lipinski definition) is 1. The quantitative estimate of drug-likeness (QED) is 0.781. The number of hydrogen-bond acceptors (Lipinski definition) is 4. The summed E-state index contributed by atoms with van der Waals surface area (Å²) in [4.78, 5) is 8.98. The molecular weight excluding hydrogens is 202 g/mol. The van der Waals surface area contributed by atoms with Crippen molar-refractivity contribution in [1.82, 2.24) is 9.97 Å². The van der Waals surface area contributed by atoms with E-state index in [1.165, 1.54) is 6.42 Å². The van der Waals surface area contributed by atoms with Crippen LogP contribution >= 0.6 is 0 Å². The lowest BCUT2D eigenvalue weighted by Gasteiger charge is -2.18. The Morgan fingerprint density at radius 1 is 1.25 bits per heavy atom. The lowest BCUT2D eigenvalue weighted by molar-refractivity contribution is 0.0999. The molecular formula is C12H17N3O. The second-order valence-electron chi connectivity index (χ2n) is 4.89. The number of nitrogen functional groups attached to an aromatic ring is 1. The second-order valence-corrected chi connectivity index (χ2v) is 4.89. The monoisotopic (exact) mass is 219 g/mol. The predicted molar refractivity (Wildman–Crippen MR) is 61.2 cm³/mol. The molecule has 2 saturated heterocycles. The molecule has 3 atom stereocenters. The molecule has 4 heteroatoms. The molecule has 3 unspecified atom stereocenters. The van der Waals surface area contributed by atoms with Crippen molar-refractivity contribution in [3.05, 3.63) is 17.1 Å². The van der Waals surface area contributed by atoms with Gasteiger partial charge in [-0.15, -0.1) is 0 Å². The minimum absolute atomic E-state index is 0.325. The number of nitrogens with two attached hydrogens (primary N) is 1. The molecule has 3 heterocycles. The molecule has 1 aromatic heterocycles. The van der Waals surface area contributed by atoms with Gasteiger partial charge in [0, 0.05) is 17.2 Å².